The molecule has 1 aromatic carbocycles. The van der Waals surface area contributed by atoms with Gasteiger partial charge in [-0.05, 0) is 55.5 Å². The summed E-state index contributed by atoms with van der Waals surface area (Å²) in [6, 6.07) is 8.27. The molecule has 0 radical (unpaired) electrons. The Kier molecular flexibility index (Phi) is 3.72. The minimum Gasteiger partial charge on any atom is -0.399 e. The molecule has 0 atom stereocenters. The number of likely N-dealkylation sites (tertiary alicyclic amines) is 1. The van der Waals surface area contributed by atoms with E-state index in [1.165, 1.54) is 37.9 Å². The Labute approximate surface area is 105 Å². The Morgan fingerprint density at radius 1 is 1.24 bits per heavy atom. The Balaban J connectivity index is 1.95. The number of benzene rings is 1. The van der Waals surface area contributed by atoms with Crippen LogP contribution in [-0.4, -0.2) is 18.0 Å². The molecule has 1 saturated heterocycles. The first-order valence-corrected chi connectivity index (χ1v) is 6.62. The standard InChI is InChI=1S/C15H24N2/c1-15(2)7-4-9-17(10-8-15)12-13-5-3-6-14(16)11-13/h3,5-6,11H,4,7-10,12,16H2,1-2H3. The van der Waals surface area contributed by atoms with Crippen molar-refractivity contribution in [2.75, 3.05) is 18.8 Å². The molecule has 0 unspecified atom stereocenters. The fraction of sp³-hybridized carbons (Fsp3) is 0.600. The molecule has 2 heteroatoms. The van der Waals surface area contributed by atoms with Crippen LogP contribution >= 0.6 is 0 Å². The summed E-state index contributed by atoms with van der Waals surface area (Å²) in [5, 5.41) is 0. The van der Waals surface area contributed by atoms with Gasteiger partial charge in [-0.2, -0.15) is 0 Å². The maximum Gasteiger partial charge on any atom is 0.0317 e. The van der Waals surface area contributed by atoms with E-state index in [9.17, 15) is 0 Å². The van der Waals surface area contributed by atoms with Crippen molar-refractivity contribution in [3.63, 3.8) is 0 Å². The summed E-state index contributed by atoms with van der Waals surface area (Å²) in [4.78, 5) is 2.56. The van der Waals surface area contributed by atoms with Crippen LogP contribution in [0.25, 0.3) is 0 Å². The van der Waals surface area contributed by atoms with Gasteiger partial charge in [-0.15, -0.1) is 0 Å². The summed E-state index contributed by atoms with van der Waals surface area (Å²) in [7, 11) is 0. The van der Waals surface area contributed by atoms with Gasteiger partial charge in [0.1, 0.15) is 0 Å². The quantitative estimate of drug-likeness (QED) is 0.793. The largest absolute Gasteiger partial charge is 0.399 e. The van der Waals surface area contributed by atoms with Crippen LogP contribution in [0.2, 0.25) is 0 Å². The number of hydrogen-bond acceptors (Lipinski definition) is 2. The summed E-state index contributed by atoms with van der Waals surface area (Å²) in [5.41, 5.74) is 8.55. The van der Waals surface area contributed by atoms with Gasteiger partial charge in [-0.3, -0.25) is 4.90 Å². The van der Waals surface area contributed by atoms with Gasteiger partial charge >= 0.3 is 0 Å². The Bertz CT molecular complexity index is 371. The molecule has 2 N–H and O–H groups in total. The lowest BCUT2D eigenvalue weighted by Crippen LogP contribution is -2.25. The third kappa shape index (κ3) is 3.74. The van der Waals surface area contributed by atoms with Crippen molar-refractivity contribution in [1.29, 1.82) is 0 Å². The van der Waals surface area contributed by atoms with E-state index in [1.807, 2.05) is 12.1 Å². The summed E-state index contributed by atoms with van der Waals surface area (Å²) in [5.74, 6) is 0. The fourth-order valence-corrected chi connectivity index (χ4v) is 2.59. The summed E-state index contributed by atoms with van der Waals surface area (Å²) >= 11 is 0. The molecule has 1 aromatic rings. The van der Waals surface area contributed by atoms with Crippen LogP contribution < -0.4 is 5.73 Å². The molecule has 0 amide bonds. The average molecular weight is 232 g/mol. The van der Waals surface area contributed by atoms with Crippen LogP contribution in [0.5, 0.6) is 0 Å². The number of nitrogens with zero attached hydrogens (tertiary/aromatic N) is 1. The van der Waals surface area contributed by atoms with E-state index in [-0.39, 0.29) is 0 Å². The maximum atomic E-state index is 5.82. The first kappa shape index (κ1) is 12.4. The van der Waals surface area contributed by atoms with E-state index in [0.29, 0.717) is 5.41 Å². The van der Waals surface area contributed by atoms with Crippen molar-refractivity contribution >= 4 is 5.69 Å². The summed E-state index contributed by atoms with van der Waals surface area (Å²) in [6.45, 7) is 8.25. The molecule has 17 heavy (non-hydrogen) atoms. The lowest BCUT2D eigenvalue weighted by atomic mass is 9.85. The predicted molar refractivity (Wildman–Crippen MR) is 73.8 cm³/mol. The lowest BCUT2D eigenvalue weighted by molar-refractivity contribution is 0.256. The first-order chi connectivity index (χ1) is 8.05. The molecule has 1 heterocycles. The van der Waals surface area contributed by atoms with Crippen molar-refractivity contribution in [2.45, 2.75) is 39.7 Å². The zero-order chi connectivity index (χ0) is 12.3. The van der Waals surface area contributed by atoms with E-state index in [1.54, 1.807) is 0 Å². The van der Waals surface area contributed by atoms with E-state index in [0.717, 1.165) is 12.2 Å². The summed E-state index contributed by atoms with van der Waals surface area (Å²) in [6.07, 6.45) is 3.96. The fourth-order valence-electron chi connectivity index (χ4n) is 2.59. The normalized spacial score (nSPS) is 21.1. The smallest absolute Gasteiger partial charge is 0.0317 e. The number of anilines is 1. The minimum atomic E-state index is 0.518. The second-order valence-electron chi connectivity index (χ2n) is 6.04. The second kappa shape index (κ2) is 5.09. The predicted octanol–water partition coefficient (Wildman–Crippen LogP) is 3.28. The molecular weight excluding hydrogens is 208 g/mol. The average Bonchev–Trinajstić information content (AvgIpc) is 2.41. The summed E-state index contributed by atoms with van der Waals surface area (Å²) < 4.78 is 0. The van der Waals surface area contributed by atoms with Crippen LogP contribution in [0.15, 0.2) is 24.3 Å². The molecule has 94 valence electrons. The molecule has 1 fully saturated rings. The van der Waals surface area contributed by atoms with Crippen molar-refractivity contribution in [3.05, 3.63) is 29.8 Å². The monoisotopic (exact) mass is 232 g/mol. The third-order valence-electron chi connectivity index (χ3n) is 3.79. The van der Waals surface area contributed by atoms with E-state index < -0.39 is 0 Å². The van der Waals surface area contributed by atoms with Crippen molar-refractivity contribution in [1.82, 2.24) is 4.90 Å². The van der Waals surface area contributed by atoms with Crippen molar-refractivity contribution < 1.29 is 0 Å². The van der Waals surface area contributed by atoms with Gasteiger partial charge in [-0.1, -0.05) is 26.0 Å². The van der Waals surface area contributed by atoms with Gasteiger partial charge in [0, 0.05) is 12.2 Å². The highest BCUT2D eigenvalue weighted by atomic mass is 15.1. The van der Waals surface area contributed by atoms with E-state index in [2.05, 4.69) is 30.9 Å². The van der Waals surface area contributed by atoms with Crippen LogP contribution in [0, 0.1) is 5.41 Å². The molecule has 1 aliphatic rings. The van der Waals surface area contributed by atoms with Gasteiger partial charge in [-0.25, -0.2) is 0 Å². The van der Waals surface area contributed by atoms with Crippen LogP contribution in [0.3, 0.4) is 0 Å². The number of rotatable bonds is 2. The van der Waals surface area contributed by atoms with E-state index >= 15 is 0 Å². The Morgan fingerprint density at radius 2 is 2.06 bits per heavy atom. The topological polar surface area (TPSA) is 29.3 Å². The van der Waals surface area contributed by atoms with Crippen molar-refractivity contribution in [3.8, 4) is 0 Å². The van der Waals surface area contributed by atoms with Gasteiger partial charge in [0.25, 0.3) is 0 Å². The molecule has 0 saturated carbocycles. The lowest BCUT2D eigenvalue weighted by Gasteiger charge is -2.23. The molecule has 0 spiro atoms. The van der Waals surface area contributed by atoms with Gasteiger partial charge in [0.15, 0.2) is 0 Å². The number of nitrogen functional groups attached to an aromatic ring is 1. The molecule has 0 bridgehead atoms. The van der Waals surface area contributed by atoms with Gasteiger partial charge in [0.05, 0.1) is 0 Å². The first-order valence-electron chi connectivity index (χ1n) is 6.62. The Morgan fingerprint density at radius 3 is 2.82 bits per heavy atom. The van der Waals surface area contributed by atoms with Crippen LogP contribution in [0.4, 0.5) is 5.69 Å². The maximum absolute atomic E-state index is 5.82. The SMILES string of the molecule is CC1(C)CCCN(Cc2cccc(N)c2)CC1. The highest BCUT2D eigenvalue weighted by molar-refractivity contribution is 5.40. The number of nitrogens with two attached hydrogens (primary N) is 1. The van der Waals surface area contributed by atoms with Crippen LogP contribution in [0.1, 0.15) is 38.7 Å². The van der Waals surface area contributed by atoms with Crippen LogP contribution in [-0.2, 0) is 6.54 Å². The third-order valence-corrected chi connectivity index (χ3v) is 3.79. The zero-order valence-electron chi connectivity index (χ0n) is 11.1. The van der Waals surface area contributed by atoms with Gasteiger partial charge < -0.3 is 5.73 Å². The number of hydrogen-bond donors (Lipinski definition) is 1. The van der Waals surface area contributed by atoms with Crippen molar-refractivity contribution in [2.24, 2.45) is 5.41 Å². The molecule has 1 aliphatic heterocycles. The minimum absolute atomic E-state index is 0.518. The highest BCUT2D eigenvalue weighted by Crippen LogP contribution is 2.30. The van der Waals surface area contributed by atoms with E-state index in [4.69, 9.17) is 5.73 Å². The molecule has 0 aromatic heterocycles. The molecular formula is C15H24N2. The molecule has 2 nitrogen and oxygen atoms in total. The molecule has 0 aliphatic carbocycles. The second-order valence-corrected chi connectivity index (χ2v) is 6.04. The Hall–Kier alpha value is -1.02. The highest BCUT2D eigenvalue weighted by Gasteiger charge is 2.22. The van der Waals surface area contributed by atoms with Gasteiger partial charge in [0.2, 0.25) is 0 Å². The zero-order valence-corrected chi connectivity index (χ0v) is 11.1. The molecule has 2 rings (SSSR count).